The molecule has 2 aromatic heterocycles. The van der Waals surface area contributed by atoms with Crippen molar-refractivity contribution >= 4 is 5.91 Å². The van der Waals surface area contributed by atoms with Gasteiger partial charge in [0.15, 0.2) is 23.6 Å². The van der Waals surface area contributed by atoms with E-state index in [1.54, 1.807) is 24.1 Å². The number of rotatable bonds is 7. The van der Waals surface area contributed by atoms with Gasteiger partial charge >= 0.3 is 0 Å². The fraction of sp³-hybridized carbons (Fsp3) is 0.538. The summed E-state index contributed by atoms with van der Waals surface area (Å²) in [5.74, 6) is -5.22. The predicted octanol–water partition coefficient (Wildman–Crippen LogP) is 0.451. The van der Waals surface area contributed by atoms with Gasteiger partial charge in [-0.15, -0.1) is 5.10 Å². The largest absolute Gasteiger partial charge is 0.394 e. The summed E-state index contributed by atoms with van der Waals surface area (Å²) >= 11 is 0. The minimum absolute atomic E-state index is 0.0140. The lowest BCUT2D eigenvalue weighted by Gasteiger charge is -2.45. The number of ether oxygens (including phenoxy) is 1. The van der Waals surface area contributed by atoms with E-state index in [0.29, 0.717) is 18.5 Å². The van der Waals surface area contributed by atoms with Crippen molar-refractivity contribution in [1.29, 1.82) is 0 Å². The van der Waals surface area contributed by atoms with Crippen LogP contribution >= 0.6 is 0 Å². The molecule has 3 aromatic rings. The van der Waals surface area contributed by atoms with E-state index in [-0.39, 0.29) is 17.8 Å². The highest BCUT2D eigenvalue weighted by molar-refractivity contribution is 5.82. The van der Waals surface area contributed by atoms with Crippen LogP contribution < -0.4 is 0 Å². The first-order valence-electron chi connectivity index (χ1n) is 13.2. The van der Waals surface area contributed by atoms with E-state index in [4.69, 9.17) is 4.74 Å². The number of aryl methyl sites for hydroxylation is 1. The molecule has 1 aliphatic carbocycles. The Hall–Kier alpha value is -3.37. The summed E-state index contributed by atoms with van der Waals surface area (Å²) in [4.78, 5) is 19.7. The van der Waals surface area contributed by atoms with E-state index in [1.807, 2.05) is 0 Å². The van der Waals surface area contributed by atoms with Crippen LogP contribution in [0.4, 0.5) is 13.2 Å². The Labute approximate surface area is 232 Å². The highest BCUT2D eigenvalue weighted by Crippen LogP contribution is 2.34. The molecule has 1 amide bonds. The highest BCUT2D eigenvalue weighted by Gasteiger charge is 2.50. The monoisotopic (exact) mass is 580 g/mol. The van der Waals surface area contributed by atoms with Gasteiger partial charge in [-0.3, -0.25) is 4.79 Å². The molecule has 3 heterocycles. The number of aromatic nitrogens is 5. The van der Waals surface area contributed by atoms with Crippen molar-refractivity contribution in [3.05, 3.63) is 54.0 Å². The van der Waals surface area contributed by atoms with E-state index in [9.17, 15) is 38.4 Å². The summed E-state index contributed by atoms with van der Waals surface area (Å²) in [6.45, 7) is -0.698. The standard InChI is InChI=1S/C26H31F3N6O6/c1-33-8-14(30-12-33)9-34(18-4-2-3-5-19(18)37)26(40)25-24(39)22(23(38)20(11-36)41-25)35-10-17(31-32-35)13-6-15(27)21(29)16(28)7-13/h6-8,10,12,18-20,22-25,36-39H,2-5,9,11H2,1H3/t18-,19-,20+,22-,23-,24+,25+/m0/s1. The first-order chi connectivity index (χ1) is 19.6. The van der Waals surface area contributed by atoms with Crippen molar-refractivity contribution < 1.29 is 43.1 Å². The van der Waals surface area contributed by atoms with Crippen LogP contribution in [0.25, 0.3) is 11.3 Å². The van der Waals surface area contributed by atoms with E-state index in [2.05, 4.69) is 15.3 Å². The second kappa shape index (κ2) is 11.9. The Bertz CT molecular complexity index is 1360. The van der Waals surface area contributed by atoms with Crippen molar-refractivity contribution in [2.75, 3.05) is 6.61 Å². The summed E-state index contributed by atoms with van der Waals surface area (Å²) in [6.07, 6.45) is -0.00710. The number of hydrogen-bond donors (Lipinski definition) is 4. The SMILES string of the molecule is Cn1cnc(CN(C(=O)[C@@H]2O[C@H](CO)[C@H](O)[C@H](n3cc(-c4cc(F)c(F)c(F)c4)nn3)[C@H]2O)[C@H]2CCCC[C@@H]2O)c1. The van der Waals surface area contributed by atoms with Crippen molar-refractivity contribution in [2.24, 2.45) is 7.05 Å². The predicted molar refractivity (Wildman–Crippen MR) is 134 cm³/mol. The molecule has 1 aliphatic heterocycles. The summed E-state index contributed by atoms with van der Waals surface area (Å²) in [5, 5.41) is 50.7. The zero-order valence-corrected chi connectivity index (χ0v) is 22.1. The molecule has 0 radical (unpaired) electrons. The number of halogens is 3. The van der Waals surface area contributed by atoms with E-state index < -0.39 is 72.6 Å². The maximum atomic E-state index is 14.0. The fourth-order valence-electron chi connectivity index (χ4n) is 5.58. The molecule has 222 valence electrons. The van der Waals surface area contributed by atoms with Crippen molar-refractivity contribution in [1.82, 2.24) is 29.4 Å². The van der Waals surface area contributed by atoms with Crippen LogP contribution in [-0.2, 0) is 23.1 Å². The second-order valence-electron chi connectivity index (χ2n) is 10.5. The highest BCUT2D eigenvalue weighted by atomic mass is 19.2. The molecule has 12 nitrogen and oxygen atoms in total. The molecule has 15 heteroatoms. The number of carbonyl (C=O) groups excluding carboxylic acids is 1. The number of benzene rings is 1. The first kappa shape index (κ1) is 29.1. The molecule has 41 heavy (non-hydrogen) atoms. The first-order valence-corrected chi connectivity index (χ1v) is 13.2. The third kappa shape index (κ3) is 5.72. The molecule has 2 aliphatic rings. The Kier molecular flexibility index (Phi) is 8.42. The van der Waals surface area contributed by atoms with Gasteiger partial charge < -0.3 is 34.6 Å². The van der Waals surface area contributed by atoms with Crippen molar-refractivity contribution in [3.63, 3.8) is 0 Å². The minimum Gasteiger partial charge on any atom is -0.394 e. The number of imidazole rings is 1. The quantitative estimate of drug-likeness (QED) is 0.291. The number of aliphatic hydroxyl groups excluding tert-OH is 4. The molecule has 1 saturated carbocycles. The molecule has 0 bridgehead atoms. The number of amides is 1. The molecular formula is C26H31F3N6O6. The van der Waals surface area contributed by atoms with Gasteiger partial charge in [-0.25, -0.2) is 22.8 Å². The van der Waals surface area contributed by atoms with Crippen LogP contribution in [0.15, 0.2) is 30.9 Å². The van der Waals surface area contributed by atoms with Crippen LogP contribution in [0.2, 0.25) is 0 Å². The molecule has 0 unspecified atom stereocenters. The molecule has 2 fully saturated rings. The topological polar surface area (TPSA) is 159 Å². The van der Waals surface area contributed by atoms with E-state index in [0.717, 1.165) is 29.7 Å². The summed E-state index contributed by atoms with van der Waals surface area (Å²) < 4.78 is 49.5. The number of nitrogens with zero attached hydrogens (tertiary/aromatic N) is 6. The van der Waals surface area contributed by atoms with Gasteiger partial charge in [-0.2, -0.15) is 0 Å². The van der Waals surface area contributed by atoms with Gasteiger partial charge in [0, 0.05) is 18.8 Å². The van der Waals surface area contributed by atoms with Gasteiger partial charge in [0.2, 0.25) is 0 Å². The summed E-state index contributed by atoms with van der Waals surface area (Å²) in [5.41, 5.74) is 0.293. The zero-order valence-electron chi connectivity index (χ0n) is 22.1. The molecule has 1 aromatic carbocycles. The Morgan fingerprint density at radius 1 is 1.10 bits per heavy atom. The van der Waals surface area contributed by atoms with Gasteiger partial charge in [0.1, 0.15) is 30.0 Å². The van der Waals surface area contributed by atoms with Crippen LogP contribution in [0.5, 0.6) is 0 Å². The number of hydrogen-bond acceptors (Lipinski definition) is 9. The van der Waals surface area contributed by atoms with Crippen molar-refractivity contribution in [3.8, 4) is 11.3 Å². The van der Waals surface area contributed by atoms with E-state index in [1.165, 1.54) is 11.1 Å². The lowest BCUT2D eigenvalue weighted by Crippen LogP contribution is -2.62. The zero-order chi connectivity index (χ0) is 29.4. The third-order valence-corrected chi connectivity index (χ3v) is 7.70. The molecule has 5 rings (SSSR count). The molecule has 1 saturated heterocycles. The Balaban J connectivity index is 1.46. The summed E-state index contributed by atoms with van der Waals surface area (Å²) in [7, 11) is 1.77. The van der Waals surface area contributed by atoms with Gasteiger partial charge in [0.25, 0.3) is 5.91 Å². The van der Waals surface area contributed by atoms with Crippen LogP contribution in [-0.4, -0.2) is 98.9 Å². The minimum atomic E-state index is -1.72. The lowest BCUT2D eigenvalue weighted by atomic mass is 9.88. The van der Waals surface area contributed by atoms with Crippen LogP contribution in [0, 0.1) is 17.5 Å². The Morgan fingerprint density at radius 2 is 1.80 bits per heavy atom. The second-order valence-corrected chi connectivity index (χ2v) is 10.5. The smallest absolute Gasteiger partial charge is 0.255 e. The van der Waals surface area contributed by atoms with E-state index >= 15 is 0 Å². The van der Waals surface area contributed by atoms with Crippen molar-refractivity contribution in [2.45, 2.75) is 74.8 Å². The normalized spacial score (nSPS) is 28.5. The maximum absolute atomic E-state index is 14.0. The van der Waals surface area contributed by atoms with Gasteiger partial charge in [-0.05, 0) is 25.0 Å². The Morgan fingerprint density at radius 3 is 2.44 bits per heavy atom. The number of aliphatic hydroxyl groups is 4. The third-order valence-electron chi connectivity index (χ3n) is 7.70. The average molecular weight is 581 g/mol. The maximum Gasteiger partial charge on any atom is 0.255 e. The lowest BCUT2D eigenvalue weighted by molar-refractivity contribution is -0.214. The average Bonchev–Trinajstić information content (AvgIpc) is 3.60. The molecule has 0 spiro atoms. The molecule has 4 N–H and O–H groups in total. The molecular weight excluding hydrogens is 549 g/mol. The van der Waals surface area contributed by atoms with Crippen LogP contribution in [0.1, 0.15) is 37.4 Å². The van der Waals surface area contributed by atoms with Crippen LogP contribution in [0.3, 0.4) is 0 Å². The molecule has 7 atom stereocenters. The van der Waals surface area contributed by atoms with Gasteiger partial charge in [-0.1, -0.05) is 18.1 Å². The van der Waals surface area contributed by atoms with Gasteiger partial charge in [0.05, 0.1) is 43.5 Å². The summed E-state index contributed by atoms with van der Waals surface area (Å²) in [6, 6.07) is -0.526. The number of carbonyl (C=O) groups is 1. The fourth-order valence-corrected chi connectivity index (χ4v) is 5.58.